The second-order valence-electron chi connectivity index (χ2n) is 9.13. The number of hydrogen-bond acceptors (Lipinski definition) is 0. The maximum Gasteiger partial charge on any atom is 0.126 e. The summed E-state index contributed by atoms with van der Waals surface area (Å²) in [4.78, 5) is 0. The van der Waals surface area contributed by atoms with Crippen molar-refractivity contribution in [1.29, 1.82) is 0 Å². The quantitative estimate of drug-likeness (QED) is 0.527. The number of benzene rings is 1. The van der Waals surface area contributed by atoms with Crippen molar-refractivity contribution in [2.75, 3.05) is 0 Å². The van der Waals surface area contributed by atoms with Gasteiger partial charge in [-0.25, -0.2) is 4.39 Å². The van der Waals surface area contributed by atoms with Crippen LogP contribution in [0.15, 0.2) is 18.2 Å². The molecule has 3 fully saturated rings. The Bertz CT molecular complexity index is 543. The van der Waals surface area contributed by atoms with Crippen LogP contribution in [0.25, 0.3) is 0 Å². The van der Waals surface area contributed by atoms with Crippen LogP contribution in [0.1, 0.15) is 113 Å². The first kappa shape index (κ1) is 17.6. The van der Waals surface area contributed by atoms with E-state index < -0.39 is 0 Å². The highest BCUT2D eigenvalue weighted by molar-refractivity contribution is 5.30. The molecule has 0 amide bonds. The van der Waals surface area contributed by atoms with Gasteiger partial charge in [0.05, 0.1) is 0 Å². The Morgan fingerprint density at radius 1 is 0.600 bits per heavy atom. The predicted octanol–water partition coefficient (Wildman–Crippen LogP) is 7.73. The van der Waals surface area contributed by atoms with Crippen LogP contribution in [0.2, 0.25) is 0 Å². The van der Waals surface area contributed by atoms with Gasteiger partial charge in [-0.2, -0.15) is 0 Å². The van der Waals surface area contributed by atoms with E-state index in [4.69, 9.17) is 0 Å². The molecular formula is C24H35F. The third-order valence-electron chi connectivity index (χ3n) is 7.63. The van der Waals surface area contributed by atoms with Crippen molar-refractivity contribution in [2.45, 2.75) is 102 Å². The predicted molar refractivity (Wildman–Crippen MR) is 104 cm³/mol. The molecule has 0 atom stereocenters. The van der Waals surface area contributed by atoms with Gasteiger partial charge in [-0.3, -0.25) is 0 Å². The summed E-state index contributed by atoms with van der Waals surface area (Å²) in [5.41, 5.74) is 2.28. The largest absolute Gasteiger partial charge is 0.207 e. The van der Waals surface area contributed by atoms with E-state index in [2.05, 4.69) is 12.1 Å². The van der Waals surface area contributed by atoms with Crippen molar-refractivity contribution < 1.29 is 4.39 Å². The van der Waals surface area contributed by atoms with Crippen LogP contribution < -0.4 is 0 Å². The minimum Gasteiger partial charge on any atom is -0.207 e. The number of hydrogen-bond donors (Lipinski definition) is 0. The normalized spacial score (nSPS) is 29.6. The number of rotatable bonds is 3. The topological polar surface area (TPSA) is 0 Å². The van der Waals surface area contributed by atoms with Gasteiger partial charge in [0.15, 0.2) is 0 Å². The monoisotopic (exact) mass is 342 g/mol. The van der Waals surface area contributed by atoms with Crippen LogP contribution in [0.4, 0.5) is 4.39 Å². The second-order valence-corrected chi connectivity index (χ2v) is 9.13. The molecule has 0 unspecified atom stereocenters. The van der Waals surface area contributed by atoms with Crippen molar-refractivity contribution >= 4 is 0 Å². The number of halogens is 1. The first-order valence-corrected chi connectivity index (χ1v) is 11.1. The lowest BCUT2D eigenvalue weighted by Gasteiger charge is -2.36. The molecule has 25 heavy (non-hydrogen) atoms. The van der Waals surface area contributed by atoms with Crippen LogP contribution in [-0.4, -0.2) is 0 Å². The lowest BCUT2D eigenvalue weighted by atomic mass is 9.70. The van der Waals surface area contributed by atoms with Gasteiger partial charge in [0.2, 0.25) is 0 Å². The smallest absolute Gasteiger partial charge is 0.126 e. The lowest BCUT2D eigenvalue weighted by Crippen LogP contribution is -2.23. The molecule has 4 rings (SSSR count). The molecule has 0 spiro atoms. The van der Waals surface area contributed by atoms with E-state index in [-0.39, 0.29) is 5.82 Å². The van der Waals surface area contributed by atoms with Gasteiger partial charge in [0.25, 0.3) is 0 Å². The zero-order chi connectivity index (χ0) is 17.1. The Hall–Kier alpha value is -0.850. The van der Waals surface area contributed by atoms with Crippen molar-refractivity contribution in [3.8, 4) is 0 Å². The third kappa shape index (κ3) is 4.12. The lowest BCUT2D eigenvalue weighted by molar-refractivity contribution is 0.186. The minimum atomic E-state index is 0.0822. The fourth-order valence-corrected chi connectivity index (χ4v) is 6.07. The van der Waals surface area contributed by atoms with Crippen LogP contribution in [0.3, 0.4) is 0 Å². The van der Waals surface area contributed by atoms with Gasteiger partial charge >= 0.3 is 0 Å². The maximum absolute atomic E-state index is 14.8. The van der Waals surface area contributed by atoms with Gasteiger partial charge in [-0.1, -0.05) is 63.5 Å². The molecule has 3 aliphatic rings. The molecule has 0 aliphatic heterocycles. The van der Waals surface area contributed by atoms with Crippen molar-refractivity contribution in [3.05, 3.63) is 35.1 Å². The molecular weight excluding hydrogens is 307 g/mol. The van der Waals surface area contributed by atoms with Gasteiger partial charge < -0.3 is 0 Å². The first-order valence-electron chi connectivity index (χ1n) is 11.1. The Kier molecular flexibility index (Phi) is 5.78. The molecule has 0 radical (unpaired) electrons. The van der Waals surface area contributed by atoms with E-state index in [9.17, 15) is 4.39 Å². The summed E-state index contributed by atoms with van der Waals surface area (Å²) >= 11 is 0. The summed E-state index contributed by atoms with van der Waals surface area (Å²) in [6.07, 6.45) is 18.9. The van der Waals surface area contributed by atoms with Gasteiger partial charge in [0, 0.05) is 0 Å². The van der Waals surface area contributed by atoms with E-state index in [1.54, 1.807) is 0 Å². The summed E-state index contributed by atoms with van der Waals surface area (Å²) in [6, 6.07) is 6.29. The van der Waals surface area contributed by atoms with Gasteiger partial charge in [-0.15, -0.1) is 0 Å². The Labute approximate surface area is 153 Å². The molecule has 3 saturated carbocycles. The molecule has 0 nitrogen and oxygen atoms in total. The molecule has 3 aliphatic carbocycles. The zero-order valence-corrected chi connectivity index (χ0v) is 15.8. The average molecular weight is 343 g/mol. The molecule has 0 saturated heterocycles. The van der Waals surface area contributed by atoms with Crippen LogP contribution in [0, 0.1) is 17.7 Å². The summed E-state index contributed by atoms with van der Waals surface area (Å²) in [5.74, 6) is 3.13. The third-order valence-corrected chi connectivity index (χ3v) is 7.63. The van der Waals surface area contributed by atoms with Crippen molar-refractivity contribution in [2.24, 2.45) is 11.8 Å². The SMILES string of the molecule is Fc1cc(C2CCC(C3CCCCC3)CC2)ccc1C1CCCCC1. The Morgan fingerprint density at radius 2 is 1.20 bits per heavy atom. The van der Waals surface area contributed by atoms with E-state index in [0.29, 0.717) is 11.8 Å². The summed E-state index contributed by atoms with van der Waals surface area (Å²) < 4.78 is 14.8. The standard InChI is InChI=1S/C24H35F/c25-24-17-22(15-16-23(24)21-9-5-2-6-10-21)20-13-11-19(12-14-20)18-7-3-1-4-8-18/h15-21H,1-14H2. The van der Waals surface area contributed by atoms with Crippen LogP contribution in [0.5, 0.6) is 0 Å². The van der Waals surface area contributed by atoms with E-state index in [1.165, 1.54) is 95.5 Å². The maximum atomic E-state index is 14.8. The Morgan fingerprint density at radius 3 is 1.84 bits per heavy atom. The highest BCUT2D eigenvalue weighted by Gasteiger charge is 2.29. The van der Waals surface area contributed by atoms with Crippen LogP contribution in [-0.2, 0) is 0 Å². The highest BCUT2D eigenvalue weighted by atomic mass is 19.1. The van der Waals surface area contributed by atoms with Gasteiger partial charge in [0.1, 0.15) is 5.82 Å². The molecule has 0 N–H and O–H groups in total. The molecule has 0 aromatic heterocycles. The van der Waals surface area contributed by atoms with Gasteiger partial charge in [-0.05, 0) is 79.4 Å². The molecule has 1 aromatic carbocycles. The molecule has 1 aromatic rings. The summed E-state index contributed by atoms with van der Waals surface area (Å²) in [6.45, 7) is 0. The molecule has 0 bridgehead atoms. The van der Waals surface area contributed by atoms with E-state index >= 15 is 0 Å². The zero-order valence-electron chi connectivity index (χ0n) is 15.8. The highest BCUT2D eigenvalue weighted by Crippen LogP contribution is 2.43. The molecule has 138 valence electrons. The summed E-state index contributed by atoms with van der Waals surface area (Å²) in [7, 11) is 0. The van der Waals surface area contributed by atoms with Crippen LogP contribution >= 0.6 is 0 Å². The van der Waals surface area contributed by atoms with Crippen molar-refractivity contribution in [1.82, 2.24) is 0 Å². The fraction of sp³-hybridized carbons (Fsp3) is 0.750. The summed E-state index contributed by atoms with van der Waals surface area (Å²) in [5, 5.41) is 0. The molecule has 1 heteroatoms. The first-order chi connectivity index (χ1) is 12.3. The van der Waals surface area contributed by atoms with E-state index in [1.807, 2.05) is 6.07 Å². The average Bonchev–Trinajstić information content (AvgIpc) is 2.69. The second kappa shape index (κ2) is 8.23. The molecule has 0 heterocycles. The van der Waals surface area contributed by atoms with Crippen molar-refractivity contribution in [3.63, 3.8) is 0 Å². The Balaban J connectivity index is 1.37. The van der Waals surface area contributed by atoms with E-state index in [0.717, 1.165) is 17.4 Å². The minimum absolute atomic E-state index is 0.0822. The fourth-order valence-electron chi connectivity index (χ4n) is 6.07.